The quantitative estimate of drug-likeness (QED) is 0.891. The highest BCUT2D eigenvalue weighted by Crippen LogP contribution is 2.29. The Morgan fingerprint density at radius 2 is 1.84 bits per heavy atom. The van der Waals surface area contributed by atoms with Crippen molar-refractivity contribution < 1.29 is 0 Å². The molecular formula is C17H24N2. The van der Waals surface area contributed by atoms with Gasteiger partial charge in [-0.2, -0.15) is 0 Å². The smallest absolute Gasteiger partial charge is 0.0166 e. The Kier molecular flexibility index (Phi) is 4.00. The number of benzene rings is 1. The minimum absolute atomic E-state index is 0.763. The number of hydrogen-bond donors (Lipinski definition) is 1. The van der Waals surface area contributed by atoms with Crippen LogP contribution in [0.1, 0.15) is 31.2 Å². The van der Waals surface area contributed by atoms with Gasteiger partial charge >= 0.3 is 0 Å². The summed E-state index contributed by atoms with van der Waals surface area (Å²) in [4.78, 5) is 2.52. The molecule has 0 spiro atoms. The van der Waals surface area contributed by atoms with Gasteiger partial charge in [0.05, 0.1) is 0 Å². The number of hydrogen-bond acceptors (Lipinski definition) is 2. The molecule has 2 saturated heterocycles. The minimum Gasteiger partial charge on any atom is -0.311 e. The van der Waals surface area contributed by atoms with Gasteiger partial charge < -0.3 is 5.32 Å². The van der Waals surface area contributed by atoms with E-state index in [9.17, 15) is 0 Å². The zero-order valence-corrected chi connectivity index (χ0v) is 11.8. The third kappa shape index (κ3) is 3.26. The van der Waals surface area contributed by atoms with Gasteiger partial charge in [-0.05, 0) is 38.3 Å². The molecular weight excluding hydrogens is 232 g/mol. The van der Waals surface area contributed by atoms with Crippen molar-refractivity contribution in [3.63, 3.8) is 0 Å². The lowest BCUT2D eigenvalue weighted by Gasteiger charge is -2.35. The van der Waals surface area contributed by atoms with Crippen molar-refractivity contribution >= 4 is 6.08 Å². The van der Waals surface area contributed by atoms with E-state index in [2.05, 4.69) is 59.7 Å². The van der Waals surface area contributed by atoms with Crippen molar-refractivity contribution in [3.05, 3.63) is 42.0 Å². The Balaban J connectivity index is 1.51. The summed E-state index contributed by atoms with van der Waals surface area (Å²) >= 11 is 0. The van der Waals surface area contributed by atoms with Gasteiger partial charge in [-0.1, -0.05) is 42.5 Å². The third-order valence-electron chi connectivity index (χ3n) is 4.57. The summed E-state index contributed by atoms with van der Waals surface area (Å²) in [5, 5.41) is 3.71. The molecule has 2 bridgehead atoms. The maximum absolute atomic E-state index is 3.71. The molecule has 2 aliphatic rings. The maximum Gasteiger partial charge on any atom is 0.0166 e. The standard InChI is InChI=1S/C17H24N2/c1-19(11-5-8-14-6-3-2-4-7-14)17-12-15-9-10-16(13-17)18-15/h2-8,15-18H,9-13H2,1H3. The lowest BCUT2D eigenvalue weighted by Crippen LogP contribution is -2.46. The van der Waals surface area contributed by atoms with E-state index in [0.717, 1.165) is 24.7 Å². The van der Waals surface area contributed by atoms with Crippen LogP contribution in [0.3, 0.4) is 0 Å². The second-order valence-electron chi connectivity index (χ2n) is 6.02. The molecule has 0 aliphatic carbocycles. The first-order valence-corrected chi connectivity index (χ1v) is 7.49. The number of likely N-dealkylation sites (N-methyl/N-ethyl adjacent to an activating group) is 1. The van der Waals surface area contributed by atoms with E-state index in [1.807, 2.05) is 0 Å². The van der Waals surface area contributed by atoms with Crippen molar-refractivity contribution in [2.75, 3.05) is 13.6 Å². The van der Waals surface area contributed by atoms with Gasteiger partial charge in [0.15, 0.2) is 0 Å². The molecule has 1 aromatic carbocycles. The second-order valence-corrected chi connectivity index (χ2v) is 6.02. The van der Waals surface area contributed by atoms with Gasteiger partial charge in [0, 0.05) is 24.7 Å². The lowest BCUT2D eigenvalue weighted by atomic mass is 9.98. The summed E-state index contributed by atoms with van der Waals surface area (Å²) in [5.74, 6) is 0. The van der Waals surface area contributed by atoms with Crippen molar-refractivity contribution in [2.45, 2.75) is 43.8 Å². The van der Waals surface area contributed by atoms with Crippen LogP contribution in [0.25, 0.3) is 6.08 Å². The highest BCUT2D eigenvalue weighted by atomic mass is 15.2. The fourth-order valence-corrected chi connectivity index (χ4v) is 3.46. The van der Waals surface area contributed by atoms with E-state index in [1.54, 1.807) is 0 Å². The largest absolute Gasteiger partial charge is 0.311 e. The van der Waals surface area contributed by atoms with Crippen LogP contribution in [0.5, 0.6) is 0 Å². The predicted octanol–water partition coefficient (Wildman–Crippen LogP) is 2.91. The molecule has 2 fully saturated rings. The molecule has 3 rings (SSSR count). The fraction of sp³-hybridized carbons (Fsp3) is 0.529. The van der Waals surface area contributed by atoms with E-state index in [0.29, 0.717) is 0 Å². The van der Waals surface area contributed by atoms with E-state index in [-0.39, 0.29) is 0 Å². The van der Waals surface area contributed by atoms with Crippen LogP contribution >= 0.6 is 0 Å². The first kappa shape index (κ1) is 12.9. The Hall–Kier alpha value is -1.12. The molecule has 2 atom stereocenters. The molecule has 0 radical (unpaired) electrons. The van der Waals surface area contributed by atoms with Gasteiger partial charge in [0.25, 0.3) is 0 Å². The van der Waals surface area contributed by atoms with Crippen LogP contribution in [0.2, 0.25) is 0 Å². The zero-order chi connectivity index (χ0) is 13.1. The van der Waals surface area contributed by atoms with Crippen molar-refractivity contribution in [1.29, 1.82) is 0 Å². The van der Waals surface area contributed by atoms with Crippen LogP contribution in [0.15, 0.2) is 36.4 Å². The molecule has 102 valence electrons. The molecule has 2 aliphatic heterocycles. The summed E-state index contributed by atoms with van der Waals surface area (Å²) in [7, 11) is 2.27. The number of rotatable bonds is 4. The van der Waals surface area contributed by atoms with E-state index in [1.165, 1.54) is 31.2 Å². The fourth-order valence-electron chi connectivity index (χ4n) is 3.46. The normalized spacial score (nSPS) is 30.3. The zero-order valence-electron chi connectivity index (χ0n) is 11.8. The molecule has 1 N–H and O–H groups in total. The van der Waals surface area contributed by atoms with Gasteiger partial charge in [0.1, 0.15) is 0 Å². The van der Waals surface area contributed by atoms with E-state index < -0.39 is 0 Å². The topological polar surface area (TPSA) is 15.3 Å². The number of piperidine rings is 1. The number of nitrogens with zero attached hydrogens (tertiary/aromatic N) is 1. The van der Waals surface area contributed by atoms with Gasteiger partial charge in [0.2, 0.25) is 0 Å². The van der Waals surface area contributed by atoms with Crippen molar-refractivity contribution in [1.82, 2.24) is 10.2 Å². The SMILES string of the molecule is CN(CC=Cc1ccccc1)C1CC2CCC(C1)N2. The molecule has 0 amide bonds. The van der Waals surface area contributed by atoms with Crippen LogP contribution in [-0.4, -0.2) is 36.6 Å². The molecule has 0 aromatic heterocycles. The van der Waals surface area contributed by atoms with Gasteiger partial charge in [-0.15, -0.1) is 0 Å². The summed E-state index contributed by atoms with van der Waals surface area (Å²) < 4.78 is 0. The van der Waals surface area contributed by atoms with Crippen molar-refractivity contribution in [3.8, 4) is 0 Å². The Bertz CT molecular complexity index is 414. The van der Waals surface area contributed by atoms with Crippen molar-refractivity contribution in [2.24, 2.45) is 0 Å². The summed E-state index contributed by atoms with van der Waals surface area (Å²) in [6.07, 6.45) is 9.94. The predicted molar refractivity (Wildman–Crippen MR) is 81.1 cm³/mol. The lowest BCUT2D eigenvalue weighted by molar-refractivity contribution is 0.187. The van der Waals surface area contributed by atoms with Gasteiger partial charge in [-0.25, -0.2) is 0 Å². The molecule has 2 heteroatoms. The van der Waals surface area contributed by atoms with Gasteiger partial charge in [-0.3, -0.25) is 4.90 Å². The highest BCUT2D eigenvalue weighted by Gasteiger charge is 2.34. The average Bonchev–Trinajstić information content (AvgIpc) is 2.78. The van der Waals surface area contributed by atoms with Crippen LogP contribution in [0, 0.1) is 0 Å². The number of fused-ring (bicyclic) bond motifs is 2. The molecule has 2 unspecified atom stereocenters. The molecule has 2 heterocycles. The molecule has 0 saturated carbocycles. The second kappa shape index (κ2) is 5.89. The minimum atomic E-state index is 0.763. The summed E-state index contributed by atoms with van der Waals surface area (Å²) in [6.45, 7) is 1.05. The molecule has 1 aromatic rings. The maximum atomic E-state index is 3.71. The summed E-state index contributed by atoms with van der Waals surface area (Å²) in [6, 6.07) is 12.9. The average molecular weight is 256 g/mol. The van der Waals surface area contributed by atoms with E-state index in [4.69, 9.17) is 0 Å². The third-order valence-corrected chi connectivity index (χ3v) is 4.57. The number of nitrogens with one attached hydrogen (secondary N) is 1. The van der Waals surface area contributed by atoms with E-state index >= 15 is 0 Å². The monoisotopic (exact) mass is 256 g/mol. The first-order chi connectivity index (χ1) is 9.31. The highest BCUT2D eigenvalue weighted by molar-refractivity contribution is 5.48. The molecule has 2 nitrogen and oxygen atoms in total. The summed E-state index contributed by atoms with van der Waals surface area (Å²) in [5.41, 5.74) is 1.29. The van der Waals surface area contributed by atoms with Crippen LogP contribution in [-0.2, 0) is 0 Å². The van der Waals surface area contributed by atoms with Crippen LogP contribution < -0.4 is 5.32 Å². The van der Waals surface area contributed by atoms with Crippen LogP contribution in [0.4, 0.5) is 0 Å². The Labute approximate surface area is 116 Å². The molecule has 19 heavy (non-hydrogen) atoms. The Morgan fingerprint density at radius 1 is 1.16 bits per heavy atom. The first-order valence-electron chi connectivity index (χ1n) is 7.49. The Morgan fingerprint density at radius 3 is 2.53 bits per heavy atom.